The first-order valence-electron chi connectivity index (χ1n) is 7.66. The summed E-state index contributed by atoms with van der Waals surface area (Å²) in [5.41, 5.74) is 2.63. The van der Waals surface area contributed by atoms with Gasteiger partial charge in [0.2, 0.25) is 0 Å². The largest absolute Gasteiger partial charge is 0.345 e. The Bertz CT molecular complexity index is 1040. The van der Waals surface area contributed by atoms with E-state index in [0.717, 1.165) is 17.4 Å². The Morgan fingerprint density at radius 3 is 2.52 bits per heavy atom. The number of aromatic nitrogens is 3. The third kappa shape index (κ3) is 3.53. The molecule has 2 heterocycles. The van der Waals surface area contributed by atoms with Gasteiger partial charge in [0.15, 0.2) is 15.5 Å². The Hall–Kier alpha value is -2.74. The Kier molecular flexibility index (Phi) is 4.30. The Labute approximate surface area is 145 Å². The smallest absolute Gasteiger partial charge is 0.257 e. The van der Waals surface area contributed by atoms with E-state index in [1.165, 1.54) is 18.3 Å². The van der Waals surface area contributed by atoms with E-state index < -0.39 is 9.84 Å². The number of rotatable bonds is 4. The van der Waals surface area contributed by atoms with Crippen molar-refractivity contribution in [1.82, 2.24) is 19.9 Å². The van der Waals surface area contributed by atoms with Crippen LogP contribution in [0.15, 0.2) is 47.8 Å². The molecule has 0 aliphatic heterocycles. The molecule has 0 spiro atoms. The van der Waals surface area contributed by atoms with Crippen LogP contribution in [0.4, 0.5) is 0 Å². The van der Waals surface area contributed by atoms with Crippen molar-refractivity contribution < 1.29 is 13.2 Å². The first-order valence-corrected chi connectivity index (χ1v) is 9.56. The molecule has 8 heteroatoms. The zero-order chi connectivity index (χ0) is 18.2. The highest BCUT2D eigenvalue weighted by Gasteiger charge is 2.17. The summed E-state index contributed by atoms with van der Waals surface area (Å²) < 4.78 is 24.6. The van der Waals surface area contributed by atoms with E-state index in [0.29, 0.717) is 11.2 Å². The normalized spacial score (nSPS) is 12.9. The predicted molar refractivity (Wildman–Crippen MR) is 93.2 cm³/mol. The van der Waals surface area contributed by atoms with Gasteiger partial charge >= 0.3 is 0 Å². The first-order chi connectivity index (χ1) is 11.8. The Morgan fingerprint density at radius 1 is 1.20 bits per heavy atom. The summed E-state index contributed by atoms with van der Waals surface area (Å²) in [6.07, 6.45) is 6.12. The molecule has 0 saturated heterocycles. The molecule has 7 nitrogen and oxygen atoms in total. The second-order valence-corrected chi connectivity index (χ2v) is 8.01. The molecule has 0 unspecified atom stereocenters. The van der Waals surface area contributed by atoms with E-state index in [1.54, 1.807) is 29.0 Å². The highest BCUT2D eigenvalue weighted by Crippen LogP contribution is 2.17. The molecule has 130 valence electrons. The number of nitrogens with zero attached hydrogens (tertiary/aromatic N) is 3. The summed E-state index contributed by atoms with van der Waals surface area (Å²) in [6, 6.07) is 6.17. The average Bonchev–Trinajstić information content (AvgIpc) is 2.97. The SMILES string of the molecule is Cc1cnc2c(C(=O)N[C@H](C)c3ccc(S(C)(=O)=O)cc3)cnn2c1. The Morgan fingerprint density at radius 2 is 1.88 bits per heavy atom. The standard InChI is InChI=1S/C17H18N4O3S/c1-11-8-18-16-15(9-19-21(16)10-11)17(22)20-12(2)13-4-6-14(7-5-13)25(3,23)24/h4-10,12H,1-3H3,(H,20,22)/t12-/m1/s1. The predicted octanol–water partition coefficient (Wildman–Crippen LogP) is 1.93. The summed E-state index contributed by atoms with van der Waals surface area (Å²) >= 11 is 0. The zero-order valence-electron chi connectivity index (χ0n) is 14.1. The van der Waals surface area contributed by atoms with Gasteiger partial charge in [0.05, 0.1) is 17.1 Å². The van der Waals surface area contributed by atoms with Crippen molar-refractivity contribution >= 4 is 21.4 Å². The van der Waals surface area contributed by atoms with Crippen LogP contribution in [0.5, 0.6) is 0 Å². The highest BCUT2D eigenvalue weighted by atomic mass is 32.2. The van der Waals surface area contributed by atoms with Crippen LogP contribution in [0, 0.1) is 6.92 Å². The van der Waals surface area contributed by atoms with E-state index in [-0.39, 0.29) is 16.8 Å². The number of sulfone groups is 1. The molecule has 3 aromatic rings. The maximum atomic E-state index is 12.5. The molecule has 1 atom stereocenters. The fourth-order valence-electron chi connectivity index (χ4n) is 2.49. The van der Waals surface area contributed by atoms with Crippen LogP contribution in [0.3, 0.4) is 0 Å². The van der Waals surface area contributed by atoms with Crippen molar-refractivity contribution in [3.05, 3.63) is 59.5 Å². The fourth-order valence-corrected chi connectivity index (χ4v) is 3.12. The average molecular weight is 358 g/mol. The van der Waals surface area contributed by atoms with Crippen LogP contribution in [0.2, 0.25) is 0 Å². The van der Waals surface area contributed by atoms with Crippen molar-refractivity contribution in [1.29, 1.82) is 0 Å². The molecule has 0 aliphatic carbocycles. The van der Waals surface area contributed by atoms with Crippen molar-refractivity contribution in [2.75, 3.05) is 6.26 Å². The number of hydrogen-bond donors (Lipinski definition) is 1. The van der Waals surface area contributed by atoms with Crippen LogP contribution < -0.4 is 5.32 Å². The summed E-state index contributed by atoms with van der Waals surface area (Å²) in [5, 5.41) is 7.03. The molecule has 1 amide bonds. The lowest BCUT2D eigenvalue weighted by atomic mass is 10.1. The highest BCUT2D eigenvalue weighted by molar-refractivity contribution is 7.90. The second-order valence-electron chi connectivity index (χ2n) is 5.99. The van der Waals surface area contributed by atoms with E-state index in [4.69, 9.17) is 0 Å². The number of amides is 1. The lowest BCUT2D eigenvalue weighted by molar-refractivity contribution is 0.0941. The monoisotopic (exact) mass is 358 g/mol. The third-order valence-electron chi connectivity index (χ3n) is 3.89. The van der Waals surface area contributed by atoms with E-state index in [9.17, 15) is 13.2 Å². The maximum absolute atomic E-state index is 12.5. The van der Waals surface area contributed by atoms with Crippen LogP contribution in [0.1, 0.15) is 34.5 Å². The van der Waals surface area contributed by atoms with Gasteiger partial charge in [-0.3, -0.25) is 4.79 Å². The molecule has 2 aromatic heterocycles. The number of hydrogen-bond acceptors (Lipinski definition) is 5. The topological polar surface area (TPSA) is 93.4 Å². The molecule has 3 rings (SSSR count). The van der Waals surface area contributed by atoms with Crippen molar-refractivity contribution in [2.24, 2.45) is 0 Å². The molecule has 25 heavy (non-hydrogen) atoms. The minimum Gasteiger partial charge on any atom is -0.345 e. The van der Waals surface area contributed by atoms with Gasteiger partial charge in [-0.25, -0.2) is 17.9 Å². The number of fused-ring (bicyclic) bond motifs is 1. The maximum Gasteiger partial charge on any atom is 0.257 e. The molecule has 0 fully saturated rings. The first kappa shape index (κ1) is 17.1. The zero-order valence-corrected chi connectivity index (χ0v) is 14.9. The van der Waals surface area contributed by atoms with Crippen molar-refractivity contribution in [2.45, 2.75) is 24.8 Å². The lowest BCUT2D eigenvalue weighted by Crippen LogP contribution is -2.26. The molecular weight excluding hydrogens is 340 g/mol. The molecular formula is C17H18N4O3S. The molecule has 0 radical (unpaired) electrons. The summed E-state index contributed by atoms with van der Waals surface area (Å²) in [4.78, 5) is 17.0. The van der Waals surface area contributed by atoms with Crippen LogP contribution in [0.25, 0.3) is 5.65 Å². The van der Waals surface area contributed by atoms with E-state index in [2.05, 4.69) is 15.4 Å². The van der Waals surface area contributed by atoms with Gasteiger partial charge in [0.1, 0.15) is 5.56 Å². The van der Waals surface area contributed by atoms with Crippen LogP contribution in [-0.4, -0.2) is 35.2 Å². The molecule has 0 bridgehead atoms. The van der Waals surface area contributed by atoms with E-state index >= 15 is 0 Å². The number of carbonyl (C=O) groups excluding carboxylic acids is 1. The van der Waals surface area contributed by atoms with Crippen LogP contribution in [-0.2, 0) is 9.84 Å². The molecule has 0 saturated carbocycles. The van der Waals surface area contributed by atoms with Gasteiger partial charge in [0, 0.05) is 18.6 Å². The fraction of sp³-hybridized carbons (Fsp3) is 0.235. The van der Waals surface area contributed by atoms with Crippen molar-refractivity contribution in [3.8, 4) is 0 Å². The second kappa shape index (κ2) is 6.29. The van der Waals surface area contributed by atoms with Gasteiger partial charge in [-0.05, 0) is 37.1 Å². The summed E-state index contributed by atoms with van der Waals surface area (Å²) in [7, 11) is -3.24. The number of carbonyl (C=O) groups is 1. The van der Waals surface area contributed by atoms with E-state index in [1.807, 2.05) is 13.8 Å². The Balaban J connectivity index is 1.80. The van der Waals surface area contributed by atoms with Gasteiger partial charge in [-0.2, -0.15) is 5.10 Å². The summed E-state index contributed by atoms with van der Waals surface area (Å²) in [5.74, 6) is -0.286. The van der Waals surface area contributed by atoms with Gasteiger partial charge in [0.25, 0.3) is 5.91 Å². The quantitative estimate of drug-likeness (QED) is 0.769. The molecule has 0 aliphatic rings. The lowest BCUT2D eigenvalue weighted by Gasteiger charge is -2.14. The summed E-state index contributed by atoms with van der Waals surface area (Å²) in [6.45, 7) is 3.73. The van der Waals surface area contributed by atoms with Gasteiger partial charge in [-0.1, -0.05) is 12.1 Å². The molecule has 1 aromatic carbocycles. The number of aryl methyl sites for hydroxylation is 1. The minimum absolute atomic E-state index is 0.247. The molecule has 1 N–H and O–H groups in total. The third-order valence-corrected chi connectivity index (χ3v) is 5.01. The van der Waals surface area contributed by atoms with Crippen molar-refractivity contribution in [3.63, 3.8) is 0 Å². The van der Waals surface area contributed by atoms with Gasteiger partial charge < -0.3 is 5.32 Å². The number of nitrogens with one attached hydrogen (secondary N) is 1. The van der Waals surface area contributed by atoms with Gasteiger partial charge in [-0.15, -0.1) is 0 Å². The minimum atomic E-state index is -3.24. The van der Waals surface area contributed by atoms with Crippen LogP contribution >= 0.6 is 0 Å². The number of benzene rings is 1.